The van der Waals surface area contributed by atoms with Crippen LogP contribution in [0.1, 0.15) is 21.5 Å². The second-order valence-electron chi connectivity index (χ2n) is 7.98. The minimum Gasteiger partial charge on any atom is -0.496 e. The molecule has 0 spiro atoms. The normalized spacial score (nSPS) is 11.2. The largest absolute Gasteiger partial charge is 0.496 e. The van der Waals surface area contributed by atoms with Crippen LogP contribution in [0.5, 0.6) is 23.0 Å². The molecule has 3 aromatic carbocycles. The van der Waals surface area contributed by atoms with Crippen molar-refractivity contribution in [2.75, 3.05) is 28.4 Å². The first-order valence-corrected chi connectivity index (χ1v) is 12.8. The van der Waals surface area contributed by atoms with E-state index in [1.165, 1.54) is 58.9 Å². The van der Waals surface area contributed by atoms with Crippen molar-refractivity contribution in [3.63, 3.8) is 0 Å². The molecule has 13 heteroatoms. The fourth-order valence-corrected chi connectivity index (χ4v) is 4.77. The standard InChI is InChI=1S/C26H26N2O10S/c1-35-18-13-24(37-3)20(25(14-18)38-4)9-10-27-39(33,34)15-16-5-8-23(36-2)22(11-16)21-12-17(28(31)32)6-7-19(21)26(29)30/h5-14,27H,15H2,1-4H3,(H,29,30). The molecular formula is C26H26N2O10S. The van der Waals surface area contributed by atoms with Crippen LogP contribution in [0.2, 0.25) is 0 Å². The maximum Gasteiger partial charge on any atom is 0.336 e. The van der Waals surface area contributed by atoms with Crippen LogP contribution < -0.4 is 23.7 Å². The average molecular weight is 559 g/mol. The van der Waals surface area contributed by atoms with E-state index in [1.54, 1.807) is 12.1 Å². The van der Waals surface area contributed by atoms with Crippen LogP contribution in [0.15, 0.2) is 54.7 Å². The van der Waals surface area contributed by atoms with Crippen molar-refractivity contribution in [2.24, 2.45) is 0 Å². The number of hydrogen-bond donors (Lipinski definition) is 2. The number of methoxy groups -OCH3 is 4. The van der Waals surface area contributed by atoms with Gasteiger partial charge in [-0.2, -0.15) is 0 Å². The van der Waals surface area contributed by atoms with Crippen LogP contribution in [0, 0.1) is 10.1 Å². The summed E-state index contributed by atoms with van der Waals surface area (Å²) < 4.78 is 49.3. The van der Waals surface area contributed by atoms with Crippen molar-refractivity contribution >= 4 is 27.8 Å². The molecule has 206 valence electrons. The second-order valence-corrected chi connectivity index (χ2v) is 9.74. The number of rotatable bonds is 12. The van der Waals surface area contributed by atoms with E-state index in [-0.39, 0.29) is 33.7 Å². The molecule has 0 bridgehead atoms. The van der Waals surface area contributed by atoms with E-state index in [0.717, 1.165) is 18.2 Å². The summed E-state index contributed by atoms with van der Waals surface area (Å²) in [6.07, 6.45) is 2.69. The predicted molar refractivity (Wildman–Crippen MR) is 143 cm³/mol. The first-order chi connectivity index (χ1) is 18.5. The maximum atomic E-state index is 12.9. The Hall–Kier alpha value is -4.78. The smallest absolute Gasteiger partial charge is 0.336 e. The molecule has 0 saturated heterocycles. The third kappa shape index (κ3) is 6.76. The molecule has 39 heavy (non-hydrogen) atoms. The van der Waals surface area contributed by atoms with E-state index < -0.39 is 26.7 Å². The van der Waals surface area contributed by atoms with Crippen molar-refractivity contribution in [1.82, 2.24) is 4.72 Å². The molecule has 0 radical (unpaired) electrons. The van der Waals surface area contributed by atoms with Gasteiger partial charge in [-0.25, -0.2) is 13.2 Å². The van der Waals surface area contributed by atoms with Gasteiger partial charge in [0.05, 0.1) is 50.2 Å². The van der Waals surface area contributed by atoms with Crippen LogP contribution >= 0.6 is 0 Å². The Morgan fingerprint density at radius 2 is 1.56 bits per heavy atom. The number of aromatic carboxylic acids is 1. The Kier molecular flexibility index (Phi) is 8.99. The van der Waals surface area contributed by atoms with E-state index in [9.17, 15) is 28.4 Å². The molecule has 0 fully saturated rings. The molecule has 3 aromatic rings. The summed E-state index contributed by atoms with van der Waals surface area (Å²) in [6, 6.07) is 10.9. The number of ether oxygens (including phenoxy) is 4. The number of sulfonamides is 1. The highest BCUT2D eigenvalue weighted by atomic mass is 32.2. The van der Waals surface area contributed by atoms with Gasteiger partial charge in [0.25, 0.3) is 5.69 Å². The van der Waals surface area contributed by atoms with Gasteiger partial charge in [-0.1, -0.05) is 6.07 Å². The number of non-ortho nitro benzene ring substituents is 1. The zero-order chi connectivity index (χ0) is 28.7. The molecule has 0 amide bonds. The molecule has 0 saturated carbocycles. The van der Waals surface area contributed by atoms with Gasteiger partial charge < -0.3 is 24.1 Å². The topological polar surface area (TPSA) is 164 Å². The van der Waals surface area contributed by atoms with Gasteiger partial charge in [-0.05, 0) is 29.8 Å². The van der Waals surface area contributed by atoms with E-state index in [1.807, 2.05) is 0 Å². The van der Waals surface area contributed by atoms with Gasteiger partial charge in [-0.3, -0.25) is 14.8 Å². The molecule has 0 aliphatic heterocycles. The number of carboxylic acids is 1. The Labute approximate surface area is 224 Å². The molecule has 0 aromatic heterocycles. The molecule has 0 unspecified atom stereocenters. The number of nitrogens with one attached hydrogen (secondary N) is 1. The van der Waals surface area contributed by atoms with E-state index in [2.05, 4.69) is 4.72 Å². The van der Waals surface area contributed by atoms with Crippen molar-refractivity contribution < 1.29 is 42.2 Å². The summed E-state index contributed by atoms with van der Waals surface area (Å²) in [4.78, 5) is 22.5. The number of benzene rings is 3. The van der Waals surface area contributed by atoms with Crippen LogP contribution in [-0.4, -0.2) is 52.9 Å². The number of nitrogens with zero attached hydrogens (tertiary/aromatic N) is 1. The Balaban J connectivity index is 1.94. The number of carbonyl (C=O) groups is 1. The van der Waals surface area contributed by atoms with Crippen LogP contribution in [0.4, 0.5) is 5.69 Å². The quantitative estimate of drug-likeness (QED) is 0.244. The number of hydrogen-bond acceptors (Lipinski definition) is 9. The Morgan fingerprint density at radius 1 is 0.923 bits per heavy atom. The Morgan fingerprint density at radius 3 is 2.10 bits per heavy atom. The first-order valence-electron chi connectivity index (χ1n) is 11.2. The van der Waals surface area contributed by atoms with Gasteiger partial charge in [-0.15, -0.1) is 0 Å². The minimum absolute atomic E-state index is 0.0133. The van der Waals surface area contributed by atoms with Gasteiger partial charge >= 0.3 is 5.97 Å². The predicted octanol–water partition coefficient (Wildman–Crippen LogP) is 4.08. The van der Waals surface area contributed by atoms with E-state index in [0.29, 0.717) is 22.8 Å². The molecule has 2 N–H and O–H groups in total. The summed E-state index contributed by atoms with van der Waals surface area (Å²) in [7, 11) is 1.81. The lowest BCUT2D eigenvalue weighted by Gasteiger charge is -2.14. The monoisotopic (exact) mass is 558 g/mol. The molecule has 0 heterocycles. The summed E-state index contributed by atoms with van der Waals surface area (Å²) >= 11 is 0. The highest BCUT2D eigenvalue weighted by Gasteiger charge is 2.21. The van der Waals surface area contributed by atoms with Gasteiger partial charge in [0.2, 0.25) is 10.0 Å². The lowest BCUT2D eigenvalue weighted by molar-refractivity contribution is -0.384. The highest BCUT2D eigenvalue weighted by molar-refractivity contribution is 7.88. The van der Waals surface area contributed by atoms with Crippen molar-refractivity contribution in [1.29, 1.82) is 0 Å². The maximum absolute atomic E-state index is 12.9. The third-order valence-corrected chi connectivity index (χ3v) is 6.81. The lowest BCUT2D eigenvalue weighted by Crippen LogP contribution is -2.19. The molecule has 12 nitrogen and oxygen atoms in total. The van der Waals surface area contributed by atoms with Gasteiger partial charge in [0.1, 0.15) is 23.0 Å². The molecule has 0 aliphatic rings. The molecule has 0 aliphatic carbocycles. The summed E-state index contributed by atoms with van der Waals surface area (Å²) in [6.45, 7) is 0. The first kappa shape index (κ1) is 28.8. The third-order valence-electron chi connectivity index (χ3n) is 5.61. The zero-order valence-corrected chi connectivity index (χ0v) is 22.3. The fraction of sp³-hybridized carbons (Fsp3) is 0.192. The SMILES string of the molecule is COc1cc(OC)c(C=CNS(=O)(=O)Cc2ccc(OC)c(-c3cc([N+](=O)[O-])ccc3C(=O)O)c2)c(OC)c1. The highest BCUT2D eigenvalue weighted by Crippen LogP contribution is 2.37. The molecule has 3 rings (SSSR count). The number of nitro benzene ring substituents is 1. The Bertz CT molecular complexity index is 1510. The summed E-state index contributed by atoms with van der Waals surface area (Å²) in [5.41, 5.74) is 0.429. The lowest BCUT2D eigenvalue weighted by atomic mass is 9.96. The van der Waals surface area contributed by atoms with E-state index in [4.69, 9.17) is 18.9 Å². The van der Waals surface area contributed by atoms with Crippen LogP contribution in [0.25, 0.3) is 17.2 Å². The fourth-order valence-electron chi connectivity index (χ4n) is 3.79. The molecular weight excluding hydrogens is 532 g/mol. The second kappa shape index (κ2) is 12.2. The molecule has 0 atom stereocenters. The van der Waals surface area contributed by atoms with Crippen LogP contribution in [0.3, 0.4) is 0 Å². The summed E-state index contributed by atoms with van der Waals surface area (Å²) in [5, 5.41) is 20.9. The van der Waals surface area contributed by atoms with Crippen molar-refractivity contribution in [3.8, 4) is 34.1 Å². The number of nitro groups is 1. The summed E-state index contributed by atoms with van der Waals surface area (Å²) in [5.74, 6) is -0.295. The number of carboxylic acid groups (broad SMARTS) is 1. The van der Waals surface area contributed by atoms with Gasteiger partial charge in [0, 0.05) is 41.6 Å². The van der Waals surface area contributed by atoms with E-state index >= 15 is 0 Å². The average Bonchev–Trinajstić information content (AvgIpc) is 2.91. The van der Waals surface area contributed by atoms with Crippen molar-refractivity contribution in [3.05, 3.63) is 81.5 Å². The minimum atomic E-state index is -3.93. The van der Waals surface area contributed by atoms with Crippen molar-refractivity contribution in [2.45, 2.75) is 5.75 Å². The van der Waals surface area contributed by atoms with Crippen LogP contribution in [-0.2, 0) is 15.8 Å². The zero-order valence-electron chi connectivity index (χ0n) is 21.5. The van der Waals surface area contributed by atoms with Gasteiger partial charge in [0.15, 0.2) is 0 Å².